The first kappa shape index (κ1) is 16.4. The summed E-state index contributed by atoms with van der Waals surface area (Å²) in [5.41, 5.74) is 0. The van der Waals surface area contributed by atoms with Crippen molar-refractivity contribution in [3.05, 3.63) is 0 Å². The molecule has 0 bridgehead atoms. The first-order chi connectivity index (χ1) is 9.04. The lowest BCUT2D eigenvalue weighted by Crippen LogP contribution is -2.37. The third-order valence-corrected chi connectivity index (χ3v) is 4.42. The highest BCUT2D eigenvalue weighted by atomic mass is 16.2. The fourth-order valence-electron chi connectivity index (χ4n) is 2.74. The molecule has 0 aromatic rings. The van der Waals surface area contributed by atoms with E-state index in [1.807, 2.05) is 4.90 Å². The van der Waals surface area contributed by atoms with Gasteiger partial charge in [0.15, 0.2) is 0 Å². The highest BCUT2D eigenvalue weighted by Crippen LogP contribution is 2.19. The van der Waals surface area contributed by atoms with Gasteiger partial charge in [-0.15, -0.1) is 0 Å². The van der Waals surface area contributed by atoms with E-state index in [9.17, 15) is 4.79 Å². The number of nitrogens with one attached hydrogen (secondary N) is 1. The summed E-state index contributed by atoms with van der Waals surface area (Å²) in [4.78, 5) is 16.8. The molecule has 0 radical (unpaired) electrons. The molecule has 3 atom stereocenters. The van der Waals surface area contributed by atoms with Gasteiger partial charge in [0.05, 0.1) is 12.2 Å². The van der Waals surface area contributed by atoms with Crippen LogP contribution in [-0.4, -0.2) is 54.1 Å². The average Bonchev–Trinajstić information content (AvgIpc) is 2.70. The Morgan fingerprint density at radius 2 is 1.95 bits per heavy atom. The molecule has 1 amide bonds. The van der Waals surface area contributed by atoms with Crippen molar-refractivity contribution in [2.24, 2.45) is 5.92 Å². The van der Waals surface area contributed by atoms with E-state index in [0.29, 0.717) is 11.8 Å². The van der Waals surface area contributed by atoms with Crippen molar-refractivity contribution in [2.45, 2.75) is 59.7 Å². The molecule has 1 heterocycles. The highest BCUT2D eigenvalue weighted by Gasteiger charge is 2.38. The van der Waals surface area contributed by atoms with Crippen LogP contribution in [0.1, 0.15) is 47.5 Å². The summed E-state index contributed by atoms with van der Waals surface area (Å²) in [6.45, 7) is 14.9. The van der Waals surface area contributed by atoms with Crippen molar-refractivity contribution in [3.63, 3.8) is 0 Å². The van der Waals surface area contributed by atoms with Crippen molar-refractivity contribution in [1.82, 2.24) is 15.1 Å². The van der Waals surface area contributed by atoms with Gasteiger partial charge in [-0.3, -0.25) is 10.1 Å². The quantitative estimate of drug-likeness (QED) is 0.731. The Bertz CT molecular complexity index is 279. The molecule has 1 N–H and O–H groups in total. The Morgan fingerprint density at radius 3 is 2.47 bits per heavy atom. The van der Waals surface area contributed by atoms with E-state index < -0.39 is 0 Å². The van der Waals surface area contributed by atoms with Crippen LogP contribution in [0.3, 0.4) is 0 Å². The van der Waals surface area contributed by atoms with Gasteiger partial charge in [0.25, 0.3) is 0 Å². The van der Waals surface area contributed by atoms with Gasteiger partial charge in [0, 0.05) is 6.54 Å². The van der Waals surface area contributed by atoms with Crippen molar-refractivity contribution in [3.8, 4) is 0 Å². The zero-order chi connectivity index (χ0) is 14.4. The van der Waals surface area contributed by atoms with Crippen LogP contribution in [0.25, 0.3) is 0 Å². The summed E-state index contributed by atoms with van der Waals surface area (Å²) >= 11 is 0. The molecule has 0 aromatic heterocycles. The van der Waals surface area contributed by atoms with E-state index in [-0.39, 0.29) is 12.2 Å². The van der Waals surface area contributed by atoms with Gasteiger partial charge in [0.1, 0.15) is 0 Å². The van der Waals surface area contributed by atoms with E-state index >= 15 is 0 Å². The maximum absolute atomic E-state index is 12.4. The Morgan fingerprint density at radius 1 is 1.32 bits per heavy atom. The van der Waals surface area contributed by atoms with Gasteiger partial charge in [0.2, 0.25) is 5.91 Å². The second-order valence-electron chi connectivity index (χ2n) is 5.62. The van der Waals surface area contributed by atoms with Crippen LogP contribution in [0.5, 0.6) is 0 Å². The average molecular weight is 269 g/mol. The Labute approximate surface area is 118 Å². The maximum atomic E-state index is 12.4. The van der Waals surface area contributed by atoms with Crippen LogP contribution in [-0.2, 0) is 4.79 Å². The van der Waals surface area contributed by atoms with Crippen LogP contribution in [0.15, 0.2) is 0 Å². The third-order valence-electron chi connectivity index (χ3n) is 4.42. The summed E-state index contributed by atoms with van der Waals surface area (Å²) in [6.07, 6.45) is 2.29. The number of hydrogen-bond acceptors (Lipinski definition) is 3. The van der Waals surface area contributed by atoms with Crippen LogP contribution < -0.4 is 5.32 Å². The molecular weight excluding hydrogens is 238 g/mol. The van der Waals surface area contributed by atoms with Crippen LogP contribution in [0, 0.1) is 5.92 Å². The van der Waals surface area contributed by atoms with Gasteiger partial charge < -0.3 is 9.80 Å². The predicted octanol–water partition coefficient (Wildman–Crippen LogP) is 1.91. The van der Waals surface area contributed by atoms with E-state index in [1.54, 1.807) is 0 Å². The molecule has 1 rings (SSSR count). The Kier molecular flexibility index (Phi) is 6.80. The number of rotatable bonds is 8. The number of nitrogens with zero attached hydrogens (tertiary/aromatic N) is 2. The van der Waals surface area contributed by atoms with Crippen LogP contribution in [0.2, 0.25) is 0 Å². The number of carbonyl (C=O) groups excluding carboxylic acids is 1. The minimum absolute atomic E-state index is 0.0217. The van der Waals surface area contributed by atoms with E-state index in [4.69, 9.17) is 0 Å². The molecule has 0 aromatic carbocycles. The normalized spacial score (nSPS) is 25.4. The number of carbonyl (C=O) groups is 1. The van der Waals surface area contributed by atoms with Gasteiger partial charge in [-0.1, -0.05) is 34.1 Å². The van der Waals surface area contributed by atoms with Gasteiger partial charge >= 0.3 is 0 Å². The second-order valence-corrected chi connectivity index (χ2v) is 5.62. The van der Waals surface area contributed by atoms with Crippen molar-refractivity contribution < 1.29 is 4.79 Å². The smallest absolute Gasteiger partial charge is 0.241 e. The standard InChI is InChI=1S/C15H31N3O/c1-6-12(4)14-15(19)18(13(5)16-14)11-9-10-17(7-2)8-3/h12-14,16H,6-11H2,1-5H3. The third kappa shape index (κ3) is 4.18. The monoisotopic (exact) mass is 269 g/mol. The minimum Gasteiger partial charge on any atom is -0.326 e. The van der Waals surface area contributed by atoms with Gasteiger partial charge in [-0.2, -0.15) is 0 Å². The summed E-state index contributed by atoms with van der Waals surface area (Å²) < 4.78 is 0. The molecule has 112 valence electrons. The summed E-state index contributed by atoms with van der Waals surface area (Å²) in [5.74, 6) is 0.712. The summed E-state index contributed by atoms with van der Waals surface area (Å²) in [7, 11) is 0. The molecule has 4 heteroatoms. The number of hydrogen-bond donors (Lipinski definition) is 1. The fraction of sp³-hybridized carbons (Fsp3) is 0.933. The molecule has 0 aliphatic carbocycles. The Balaban J connectivity index is 2.43. The molecule has 1 aliphatic heterocycles. The lowest BCUT2D eigenvalue weighted by molar-refractivity contribution is -0.130. The van der Waals surface area contributed by atoms with E-state index in [1.165, 1.54) is 0 Å². The van der Waals surface area contributed by atoms with Crippen molar-refractivity contribution >= 4 is 5.91 Å². The lowest BCUT2D eigenvalue weighted by Gasteiger charge is -2.23. The molecule has 1 fully saturated rings. The number of amides is 1. The van der Waals surface area contributed by atoms with E-state index in [2.05, 4.69) is 44.8 Å². The molecule has 0 spiro atoms. The fourth-order valence-corrected chi connectivity index (χ4v) is 2.74. The minimum atomic E-state index is 0.0217. The molecule has 19 heavy (non-hydrogen) atoms. The van der Waals surface area contributed by atoms with Crippen molar-refractivity contribution in [1.29, 1.82) is 0 Å². The predicted molar refractivity (Wildman–Crippen MR) is 80.0 cm³/mol. The second kappa shape index (κ2) is 7.85. The largest absolute Gasteiger partial charge is 0.326 e. The van der Waals surface area contributed by atoms with Crippen LogP contribution in [0.4, 0.5) is 0 Å². The van der Waals surface area contributed by atoms with Crippen LogP contribution >= 0.6 is 0 Å². The molecule has 3 unspecified atom stereocenters. The molecule has 0 saturated carbocycles. The van der Waals surface area contributed by atoms with Gasteiger partial charge in [-0.05, 0) is 38.9 Å². The van der Waals surface area contributed by atoms with E-state index in [0.717, 1.165) is 39.0 Å². The SMILES string of the molecule is CCC(C)C1NC(C)N(CCCN(CC)CC)C1=O. The maximum Gasteiger partial charge on any atom is 0.241 e. The molecular formula is C15H31N3O. The first-order valence-corrected chi connectivity index (χ1v) is 7.83. The highest BCUT2D eigenvalue weighted by molar-refractivity contribution is 5.84. The summed E-state index contributed by atoms with van der Waals surface area (Å²) in [5, 5.41) is 3.43. The molecule has 1 saturated heterocycles. The first-order valence-electron chi connectivity index (χ1n) is 7.83. The Hall–Kier alpha value is -0.610. The zero-order valence-corrected chi connectivity index (χ0v) is 13.3. The lowest BCUT2D eigenvalue weighted by atomic mass is 9.99. The zero-order valence-electron chi connectivity index (χ0n) is 13.3. The van der Waals surface area contributed by atoms with Crippen molar-refractivity contribution in [2.75, 3.05) is 26.2 Å². The summed E-state index contributed by atoms with van der Waals surface area (Å²) in [6, 6.07) is 0.0217. The molecule has 1 aliphatic rings. The van der Waals surface area contributed by atoms with Gasteiger partial charge in [-0.25, -0.2) is 0 Å². The molecule has 4 nitrogen and oxygen atoms in total. The topological polar surface area (TPSA) is 35.6 Å².